The van der Waals surface area contributed by atoms with E-state index in [1.54, 1.807) is 0 Å². The van der Waals surface area contributed by atoms with Gasteiger partial charge in [-0.1, -0.05) is 28.1 Å². The summed E-state index contributed by atoms with van der Waals surface area (Å²) in [4.78, 5) is 14.5. The monoisotopic (exact) mass is 337 g/mol. The SMILES string of the molecule is O=C(CCN1CC2CCC(O)C2C1)c1cccc(Br)c1. The number of carbonyl (C=O) groups is 1. The van der Waals surface area contributed by atoms with E-state index >= 15 is 0 Å². The summed E-state index contributed by atoms with van der Waals surface area (Å²) in [6.07, 6.45) is 2.54. The van der Waals surface area contributed by atoms with Crippen molar-refractivity contribution in [3.8, 4) is 0 Å². The minimum absolute atomic E-state index is 0.120. The molecule has 3 atom stereocenters. The van der Waals surface area contributed by atoms with Gasteiger partial charge in [0.15, 0.2) is 5.78 Å². The van der Waals surface area contributed by atoms with E-state index in [4.69, 9.17) is 0 Å². The Morgan fingerprint density at radius 3 is 2.95 bits per heavy atom. The largest absolute Gasteiger partial charge is 0.393 e. The van der Waals surface area contributed by atoms with Crippen LogP contribution in [0, 0.1) is 11.8 Å². The highest BCUT2D eigenvalue weighted by Crippen LogP contribution is 2.38. The molecule has 1 aliphatic heterocycles. The van der Waals surface area contributed by atoms with Crippen LogP contribution in [0.25, 0.3) is 0 Å². The molecular formula is C16H20BrNO2. The summed E-state index contributed by atoms with van der Waals surface area (Å²) in [6, 6.07) is 7.58. The van der Waals surface area contributed by atoms with E-state index < -0.39 is 0 Å². The van der Waals surface area contributed by atoms with Crippen molar-refractivity contribution in [2.75, 3.05) is 19.6 Å². The number of halogens is 1. The molecular weight excluding hydrogens is 318 g/mol. The van der Waals surface area contributed by atoms with Gasteiger partial charge in [-0.05, 0) is 30.9 Å². The molecule has 0 bridgehead atoms. The Hall–Kier alpha value is -0.710. The highest BCUT2D eigenvalue weighted by Gasteiger charge is 2.41. The molecule has 3 nitrogen and oxygen atoms in total. The molecule has 20 heavy (non-hydrogen) atoms. The second-order valence-corrected chi connectivity index (χ2v) is 6.93. The minimum Gasteiger partial charge on any atom is -0.393 e. The number of rotatable bonds is 4. The number of likely N-dealkylation sites (tertiary alicyclic amines) is 1. The van der Waals surface area contributed by atoms with Crippen LogP contribution < -0.4 is 0 Å². The molecule has 3 rings (SSSR count). The van der Waals surface area contributed by atoms with Crippen LogP contribution in [0.3, 0.4) is 0 Å². The highest BCUT2D eigenvalue weighted by atomic mass is 79.9. The number of Topliss-reactive ketones (excluding diaryl/α,β-unsaturated/α-hetero) is 1. The van der Waals surface area contributed by atoms with Gasteiger partial charge in [0.25, 0.3) is 0 Å². The Morgan fingerprint density at radius 1 is 1.35 bits per heavy atom. The van der Waals surface area contributed by atoms with Gasteiger partial charge in [0.1, 0.15) is 0 Å². The van der Waals surface area contributed by atoms with Crippen LogP contribution in [0.4, 0.5) is 0 Å². The van der Waals surface area contributed by atoms with Crippen LogP contribution in [0.15, 0.2) is 28.7 Å². The molecule has 2 fully saturated rings. The van der Waals surface area contributed by atoms with E-state index in [-0.39, 0.29) is 11.9 Å². The molecule has 1 aliphatic carbocycles. The predicted octanol–water partition coefficient (Wildman–Crippen LogP) is 2.72. The number of benzene rings is 1. The lowest BCUT2D eigenvalue weighted by atomic mass is 10.00. The Morgan fingerprint density at radius 2 is 2.20 bits per heavy atom. The first-order chi connectivity index (χ1) is 9.63. The number of hydrogen-bond acceptors (Lipinski definition) is 3. The van der Waals surface area contributed by atoms with Gasteiger partial charge in [0.2, 0.25) is 0 Å². The maximum Gasteiger partial charge on any atom is 0.164 e. The first kappa shape index (κ1) is 14.2. The van der Waals surface area contributed by atoms with Crippen molar-refractivity contribution in [2.24, 2.45) is 11.8 Å². The van der Waals surface area contributed by atoms with Crippen molar-refractivity contribution in [1.29, 1.82) is 0 Å². The van der Waals surface area contributed by atoms with Crippen molar-refractivity contribution in [2.45, 2.75) is 25.4 Å². The Balaban J connectivity index is 1.52. The van der Waals surface area contributed by atoms with Crippen LogP contribution in [0.5, 0.6) is 0 Å². The average Bonchev–Trinajstić information content (AvgIpc) is 2.98. The molecule has 1 aromatic carbocycles. The van der Waals surface area contributed by atoms with Crippen LogP contribution in [-0.4, -0.2) is 41.5 Å². The number of nitrogens with zero attached hydrogens (tertiary/aromatic N) is 1. The van der Waals surface area contributed by atoms with Gasteiger partial charge in [-0.2, -0.15) is 0 Å². The second kappa shape index (κ2) is 5.96. The van der Waals surface area contributed by atoms with E-state index in [9.17, 15) is 9.90 Å². The Bertz CT molecular complexity index is 505. The Kier molecular flexibility index (Phi) is 4.24. The summed E-state index contributed by atoms with van der Waals surface area (Å²) in [6.45, 7) is 2.82. The lowest BCUT2D eigenvalue weighted by Crippen LogP contribution is -2.27. The van der Waals surface area contributed by atoms with Crippen LogP contribution in [0.1, 0.15) is 29.6 Å². The lowest BCUT2D eigenvalue weighted by molar-refractivity contribution is 0.0961. The van der Waals surface area contributed by atoms with Crippen LogP contribution >= 0.6 is 15.9 Å². The molecule has 0 aromatic heterocycles. The Labute approximate surface area is 128 Å². The molecule has 1 saturated heterocycles. The van der Waals surface area contributed by atoms with Crippen molar-refractivity contribution in [3.63, 3.8) is 0 Å². The van der Waals surface area contributed by atoms with E-state index in [1.807, 2.05) is 24.3 Å². The summed E-state index contributed by atoms with van der Waals surface area (Å²) in [5, 5.41) is 9.90. The minimum atomic E-state index is -0.120. The quantitative estimate of drug-likeness (QED) is 0.859. The molecule has 0 spiro atoms. The summed E-state index contributed by atoms with van der Waals surface area (Å²) in [5.74, 6) is 1.28. The van der Waals surface area contributed by atoms with Gasteiger partial charge in [0, 0.05) is 42.0 Å². The molecule has 1 saturated carbocycles. The average molecular weight is 338 g/mol. The zero-order valence-electron chi connectivity index (χ0n) is 11.5. The molecule has 2 aliphatic rings. The lowest BCUT2D eigenvalue weighted by Gasteiger charge is -2.17. The number of hydrogen-bond donors (Lipinski definition) is 1. The summed E-state index contributed by atoms with van der Waals surface area (Å²) >= 11 is 3.40. The van der Waals surface area contributed by atoms with Crippen molar-refractivity contribution in [3.05, 3.63) is 34.3 Å². The second-order valence-electron chi connectivity index (χ2n) is 6.01. The van der Waals surface area contributed by atoms with E-state index in [1.165, 1.54) is 0 Å². The van der Waals surface area contributed by atoms with Gasteiger partial charge in [-0.15, -0.1) is 0 Å². The first-order valence-electron chi connectivity index (χ1n) is 7.32. The molecule has 0 amide bonds. The normalized spacial score (nSPS) is 29.6. The van der Waals surface area contributed by atoms with Gasteiger partial charge in [-0.3, -0.25) is 4.79 Å². The topological polar surface area (TPSA) is 40.5 Å². The zero-order valence-corrected chi connectivity index (χ0v) is 13.1. The fourth-order valence-electron chi connectivity index (χ4n) is 3.58. The maximum atomic E-state index is 12.2. The molecule has 3 unspecified atom stereocenters. The number of carbonyl (C=O) groups excluding carboxylic acids is 1. The van der Waals surface area contributed by atoms with Gasteiger partial charge in [0.05, 0.1) is 6.10 Å². The molecule has 108 valence electrons. The number of aliphatic hydroxyl groups excluding tert-OH is 1. The van der Waals surface area contributed by atoms with E-state index in [0.29, 0.717) is 18.3 Å². The van der Waals surface area contributed by atoms with E-state index in [0.717, 1.165) is 42.5 Å². The molecule has 1 N–H and O–H groups in total. The molecule has 1 heterocycles. The number of ketones is 1. The summed E-state index contributed by atoms with van der Waals surface area (Å²) in [7, 11) is 0. The number of aliphatic hydroxyl groups is 1. The third kappa shape index (κ3) is 2.97. The maximum absolute atomic E-state index is 12.2. The van der Waals surface area contributed by atoms with Gasteiger partial charge in [-0.25, -0.2) is 0 Å². The highest BCUT2D eigenvalue weighted by molar-refractivity contribution is 9.10. The standard InChI is InChI=1S/C16H20BrNO2/c17-13-3-1-2-11(8-13)15(19)6-7-18-9-12-4-5-16(20)14(12)10-18/h1-3,8,12,14,16,20H,4-7,9-10H2. The van der Waals surface area contributed by atoms with E-state index in [2.05, 4.69) is 20.8 Å². The molecule has 0 radical (unpaired) electrons. The molecule has 4 heteroatoms. The first-order valence-corrected chi connectivity index (χ1v) is 8.12. The summed E-state index contributed by atoms with van der Waals surface area (Å²) in [5.41, 5.74) is 0.777. The van der Waals surface area contributed by atoms with Gasteiger partial charge < -0.3 is 10.0 Å². The van der Waals surface area contributed by atoms with Crippen LogP contribution in [0.2, 0.25) is 0 Å². The third-order valence-corrected chi connectivity index (χ3v) is 5.19. The van der Waals surface area contributed by atoms with Gasteiger partial charge >= 0.3 is 0 Å². The van der Waals surface area contributed by atoms with Crippen LogP contribution in [-0.2, 0) is 0 Å². The fraction of sp³-hybridized carbons (Fsp3) is 0.562. The fourth-order valence-corrected chi connectivity index (χ4v) is 3.98. The van der Waals surface area contributed by atoms with Crippen molar-refractivity contribution >= 4 is 21.7 Å². The number of fused-ring (bicyclic) bond motifs is 1. The predicted molar refractivity (Wildman–Crippen MR) is 81.8 cm³/mol. The zero-order chi connectivity index (χ0) is 14.1. The van der Waals surface area contributed by atoms with Crippen molar-refractivity contribution < 1.29 is 9.90 Å². The van der Waals surface area contributed by atoms with Crippen molar-refractivity contribution in [1.82, 2.24) is 4.90 Å². The summed E-state index contributed by atoms with van der Waals surface area (Å²) < 4.78 is 0.946. The smallest absolute Gasteiger partial charge is 0.164 e. The third-order valence-electron chi connectivity index (χ3n) is 4.70. The molecule has 1 aromatic rings.